The first-order chi connectivity index (χ1) is 6.31. The Morgan fingerprint density at radius 2 is 2.23 bits per heavy atom. The number of methoxy groups -OCH3 is 1. The Balaban J connectivity index is 3.00. The van der Waals surface area contributed by atoms with Crippen LogP contribution in [0.15, 0.2) is 24.8 Å². The smallest absolute Gasteiger partial charge is 0.162 e. The third-order valence-electron chi connectivity index (χ3n) is 1.63. The fourth-order valence-corrected chi connectivity index (χ4v) is 1.32. The van der Waals surface area contributed by atoms with E-state index >= 15 is 0 Å². The van der Waals surface area contributed by atoms with Gasteiger partial charge in [-0.2, -0.15) is 0 Å². The molecular formula is C10H11IO2. The first-order valence-electron chi connectivity index (χ1n) is 3.81. The molecular weight excluding hydrogens is 279 g/mol. The molecule has 0 radical (unpaired) electrons. The maximum atomic E-state index is 5.35. The number of rotatable bonds is 4. The Bertz CT molecular complexity index is 297. The highest BCUT2D eigenvalue weighted by Crippen LogP contribution is 2.28. The van der Waals surface area contributed by atoms with Gasteiger partial charge in [0.15, 0.2) is 11.5 Å². The van der Waals surface area contributed by atoms with Crippen molar-refractivity contribution in [3.8, 4) is 11.5 Å². The van der Waals surface area contributed by atoms with Crippen molar-refractivity contribution < 1.29 is 9.47 Å². The van der Waals surface area contributed by atoms with Crippen molar-refractivity contribution in [3.63, 3.8) is 0 Å². The first-order valence-corrected chi connectivity index (χ1v) is 5.33. The van der Waals surface area contributed by atoms with Gasteiger partial charge in [-0.05, 0) is 40.3 Å². The minimum Gasteiger partial charge on any atom is -0.493 e. The molecule has 0 aliphatic rings. The summed E-state index contributed by atoms with van der Waals surface area (Å²) in [6, 6.07) is 5.72. The minimum atomic E-state index is 0.613. The molecule has 13 heavy (non-hydrogen) atoms. The van der Waals surface area contributed by atoms with Gasteiger partial charge < -0.3 is 9.47 Å². The predicted octanol–water partition coefficient (Wildman–Crippen LogP) is 3.11. The molecule has 0 bridgehead atoms. The molecule has 0 saturated carbocycles. The fourth-order valence-electron chi connectivity index (χ4n) is 0.989. The van der Waals surface area contributed by atoms with E-state index < -0.39 is 0 Å². The molecule has 0 atom stereocenters. The van der Waals surface area contributed by atoms with Crippen LogP contribution in [0.3, 0.4) is 0 Å². The highest BCUT2D eigenvalue weighted by atomic mass is 127. The average molecular weight is 290 g/mol. The van der Waals surface area contributed by atoms with Gasteiger partial charge in [-0.3, -0.25) is 0 Å². The Morgan fingerprint density at radius 3 is 2.77 bits per heavy atom. The standard InChI is InChI=1S/C10H11IO2/c1-3-8-4-5-9(13-7-11)10(6-8)12-2/h3-6H,1,7H2,2H3. The predicted molar refractivity (Wildman–Crippen MR) is 62.6 cm³/mol. The van der Waals surface area contributed by atoms with E-state index in [-0.39, 0.29) is 0 Å². The zero-order chi connectivity index (χ0) is 9.68. The van der Waals surface area contributed by atoms with E-state index in [1.165, 1.54) is 0 Å². The van der Waals surface area contributed by atoms with Crippen LogP contribution >= 0.6 is 22.6 Å². The topological polar surface area (TPSA) is 18.5 Å². The molecule has 1 aromatic carbocycles. The van der Waals surface area contributed by atoms with Crippen molar-refractivity contribution in [2.24, 2.45) is 0 Å². The summed E-state index contributed by atoms with van der Waals surface area (Å²) in [6.07, 6.45) is 1.77. The zero-order valence-corrected chi connectivity index (χ0v) is 9.58. The molecule has 3 heteroatoms. The summed E-state index contributed by atoms with van der Waals surface area (Å²) in [5.74, 6) is 1.51. The van der Waals surface area contributed by atoms with Crippen LogP contribution in [0.25, 0.3) is 6.08 Å². The lowest BCUT2D eigenvalue weighted by atomic mass is 10.2. The molecule has 1 rings (SSSR count). The van der Waals surface area contributed by atoms with E-state index in [1.807, 2.05) is 18.2 Å². The van der Waals surface area contributed by atoms with Crippen molar-refractivity contribution in [2.45, 2.75) is 0 Å². The van der Waals surface area contributed by atoms with Crippen LogP contribution < -0.4 is 9.47 Å². The lowest BCUT2D eigenvalue weighted by Crippen LogP contribution is -1.93. The Labute approximate surface area is 91.7 Å². The van der Waals surface area contributed by atoms with Crippen molar-refractivity contribution >= 4 is 28.7 Å². The van der Waals surface area contributed by atoms with Gasteiger partial charge in [0.2, 0.25) is 0 Å². The van der Waals surface area contributed by atoms with Crippen molar-refractivity contribution in [3.05, 3.63) is 30.3 Å². The number of halogens is 1. The van der Waals surface area contributed by atoms with Crippen molar-refractivity contribution in [1.29, 1.82) is 0 Å². The van der Waals surface area contributed by atoms with Gasteiger partial charge >= 0.3 is 0 Å². The molecule has 0 aliphatic heterocycles. The number of alkyl halides is 1. The van der Waals surface area contributed by atoms with Gasteiger partial charge in [-0.25, -0.2) is 0 Å². The molecule has 70 valence electrons. The third-order valence-corrected chi connectivity index (χ3v) is 1.94. The van der Waals surface area contributed by atoms with Crippen LogP contribution in [0.2, 0.25) is 0 Å². The Hall–Kier alpha value is -0.710. The van der Waals surface area contributed by atoms with Crippen LogP contribution in [0.5, 0.6) is 11.5 Å². The summed E-state index contributed by atoms with van der Waals surface area (Å²) < 4.78 is 11.1. The van der Waals surface area contributed by atoms with E-state index in [4.69, 9.17) is 9.47 Å². The van der Waals surface area contributed by atoms with Crippen molar-refractivity contribution in [2.75, 3.05) is 11.7 Å². The fraction of sp³-hybridized carbons (Fsp3) is 0.200. The Kier molecular flexibility index (Phi) is 4.08. The van der Waals surface area contributed by atoms with Gasteiger partial charge in [-0.15, -0.1) is 0 Å². The molecule has 0 N–H and O–H groups in total. The minimum absolute atomic E-state index is 0.613. The molecule has 0 fully saturated rings. The molecule has 0 amide bonds. The summed E-state index contributed by atoms with van der Waals surface area (Å²) in [5, 5.41) is 0. The summed E-state index contributed by atoms with van der Waals surface area (Å²) in [7, 11) is 1.63. The van der Waals surface area contributed by atoms with Gasteiger partial charge in [0.1, 0.15) is 4.61 Å². The van der Waals surface area contributed by atoms with Gasteiger partial charge in [0.25, 0.3) is 0 Å². The molecule has 0 spiro atoms. The quantitative estimate of drug-likeness (QED) is 0.626. The summed E-state index contributed by atoms with van der Waals surface area (Å²) in [4.78, 5) is 0. The van der Waals surface area contributed by atoms with E-state index in [1.54, 1.807) is 13.2 Å². The van der Waals surface area contributed by atoms with Crippen LogP contribution in [0, 0.1) is 0 Å². The second-order valence-corrected chi connectivity index (χ2v) is 2.99. The lowest BCUT2D eigenvalue weighted by molar-refractivity contribution is 0.350. The van der Waals surface area contributed by atoms with E-state index in [0.29, 0.717) is 4.61 Å². The monoisotopic (exact) mass is 290 g/mol. The maximum absolute atomic E-state index is 5.35. The van der Waals surface area contributed by atoms with E-state index in [0.717, 1.165) is 17.1 Å². The largest absolute Gasteiger partial charge is 0.493 e. The number of hydrogen-bond acceptors (Lipinski definition) is 2. The molecule has 0 saturated heterocycles. The number of ether oxygens (including phenoxy) is 2. The highest BCUT2D eigenvalue weighted by molar-refractivity contribution is 14.1. The summed E-state index contributed by atoms with van der Waals surface area (Å²) >= 11 is 2.14. The number of hydrogen-bond donors (Lipinski definition) is 0. The Morgan fingerprint density at radius 1 is 1.46 bits per heavy atom. The number of benzene rings is 1. The zero-order valence-electron chi connectivity index (χ0n) is 7.42. The van der Waals surface area contributed by atoms with Crippen molar-refractivity contribution in [1.82, 2.24) is 0 Å². The van der Waals surface area contributed by atoms with Crippen LogP contribution in [-0.4, -0.2) is 11.7 Å². The van der Waals surface area contributed by atoms with Crippen LogP contribution in [0.1, 0.15) is 5.56 Å². The average Bonchev–Trinajstić information content (AvgIpc) is 2.19. The first kappa shape index (κ1) is 10.4. The normalized spacial score (nSPS) is 9.38. The van der Waals surface area contributed by atoms with E-state index in [2.05, 4.69) is 29.2 Å². The molecule has 0 aliphatic carbocycles. The van der Waals surface area contributed by atoms with Gasteiger partial charge in [0, 0.05) is 0 Å². The molecule has 1 aromatic rings. The molecule has 2 nitrogen and oxygen atoms in total. The lowest BCUT2D eigenvalue weighted by Gasteiger charge is -2.08. The van der Waals surface area contributed by atoms with Gasteiger partial charge in [-0.1, -0.05) is 18.7 Å². The summed E-state index contributed by atoms with van der Waals surface area (Å²) in [5.41, 5.74) is 1.03. The third kappa shape index (κ3) is 2.62. The second-order valence-electron chi connectivity index (χ2n) is 2.37. The second kappa shape index (κ2) is 5.11. The molecule has 0 unspecified atom stereocenters. The molecule has 0 aromatic heterocycles. The SMILES string of the molecule is C=Cc1ccc(OCI)c(OC)c1. The van der Waals surface area contributed by atoms with E-state index in [9.17, 15) is 0 Å². The van der Waals surface area contributed by atoms with Gasteiger partial charge in [0.05, 0.1) is 7.11 Å². The van der Waals surface area contributed by atoms with Crippen LogP contribution in [0.4, 0.5) is 0 Å². The summed E-state index contributed by atoms with van der Waals surface area (Å²) in [6.45, 7) is 3.68. The maximum Gasteiger partial charge on any atom is 0.162 e. The molecule has 0 heterocycles. The highest BCUT2D eigenvalue weighted by Gasteiger charge is 2.02. The van der Waals surface area contributed by atoms with Crippen LogP contribution in [-0.2, 0) is 0 Å².